The van der Waals surface area contributed by atoms with Crippen LogP contribution in [0.4, 0.5) is 0 Å². The molecule has 0 spiro atoms. The second kappa shape index (κ2) is 4.54. The molecule has 2 rings (SSSR count). The number of halogens is 1. The first-order chi connectivity index (χ1) is 7.97. The lowest BCUT2D eigenvalue weighted by Crippen LogP contribution is -2.04. The highest BCUT2D eigenvalue weighted by molar-refractivity contribution is 9.10. The molecule has 1 aromatic heterocycles. The maximum Gasteiger partial charge on any atom is 0.247 e. The number of hydrogen-bond acceptors (Lipinski definition) is 4. The van der Waals surface area contributed by atoms with Gasteiger partial charge in [0.25, 0.3) is 0 Å². The van der Waals surface area contributed by atoms with E-state index in [1.807, 2.05) is 24.3 Å². The van der Waals surface area contributed by atoms with Gasteiger partial charge in [0.05, 0.1) is 5.69 Å². The maximum atomic E-state index is 11.3. The fourth-order valence-corrected chi connectivity index (χ4v) is 2.24. The molecule has 0 unspecified atom stereocenters. The molecule has 6 heteroatoms. The summed E-state index contributed by atoms with van der Waals surface area (Å²) >= 11 is 3.36. The van der Waals surface area contributed by atoms with E-state index in [9.17, 15) is 8.42 Å². The fraction of sp³-hybridized carbons (Fsp3) is 0.0909. The summed E-state index contributed by atoms with van der Waals surface area (Å²) in [6, 6.07) is 9.16. The van der Waals surface area contributed by atoms with Crippen LogP contribution in [0.2, 0.25) is 0 Å². The van der Waals surface area contributed by atoms with Gasteiger partial charge in [-0.2, -0.15) is 0 Å². The molecular weight excluding hydrogens is 304 g/mol. The molecule has 0 aliphatic carbocycles. The van der Waals surface area contributed by atoms with Gasteiger partial charge in [-0.1, -0.05) is 28.1 Å². The SMILES string of the molecule is CS(=O)(=O)c1nccc(-c2cccc(Br)c2)n1. The lowest BCUT2D eigenvalue weighted by Gasteiger charge is -2.02. The van der Waals surface area contributed by atoms with Gasteiger partial charge in [0, 0.05) is 22.5 Å². The topological polar surface area (TPSA) is 59.9 Å². The minimum atomic E-state index is -3.38. The number of benzene rings is 1. The van der Waals surface area contributed by atoms with Crippen molar-refractivity contribution in [1.82, 2.24) is 9.97 Å². The van der Waals surface area contributed by atoms with E-state index in [0.717, 1.165) is 16.3 Å². The molecule has 0 atom stereocenters. The van der Waals surface area contributed by atoms with Crippen LogP contribution < -0.4 is 0 Å². The Bertz CT molecular complexity index is 656. The fourth-order valence-electron chi connectivity index (χ4n) is 1.33. The van der Waals surface area contributed by atoms with Gasteiger partial charge in [-0.3, -0.25) is 0 Å². The third-order valence-electron chi connectivity index (χ3n) is 2.09. The largest absolute Gasteiger partial charge is 0.247 e. The van der Waals surface area contributed by atoms with E-state index in [0.29, 0.717) is 5.69 Å². The highest BCUT2D eigenvalue weighted by Gasteiger charge is 2.11. The predicted molar refractivity (Wildman–Crippen MR) is 68.3 cm³/mol. The molecule has 0 aliphatic heterocycles. The van der Waals surface area contributed by atoms with E-state index in [1.54, 1.807) is 6.07 Å². The molecule has 1 aromatic carbocycles. The van der Waals surface area contributed by atoms with E-state index in [2.05, 4.69) is 25.9 Å². The summed E-state index contributed by atoms with van der Waals surface area (Å²) in [5.74, 6) is 0. The predicted octanol–water partition coefficient (Wildman–Crippen LogP) is 2.31. The van der Waals surface area contributed by atoms with E-state index >= 15 is 0 Å². The monoisotopic (exact) mass is 312 g/mol. The van der Waals surface area contributed by atoms with Crippen LogP contribution >= 0.6 is 15.9 Å². The highest BCUT2D eigenvalue weighted by Crippen LogP contribution is 2.21. The molecular formula is C11H9BrN2O2S. The van der Waals surface area contributed by atoms with Gasteiger partial charge in [-0.25, -0.2) is 18.4 Å². The number of rotatable bonds is 2. The van der Waals surface area contributed by atoms with Gasteiger partial charge in [0.1, 0.15) is 0 Å². The molecule has 17 heavy (non-hydrogen) atoms. The molecule has 0 aliphatic rings. The van der Waals surface area contributed by atoms with Crippen molar-refractivity contribution in [1.29, 1.82) is 0 Å². The number of nitrogens with zero attached hydrogens (tertiary/aromatic N) is 2. The molecule has 0 saturated heterocycles. The van der Waals surface area contributed by atoms with Crippen molar-refractivity contribution in [3.8, 4) is 11.3 Å². The zero-order chi connectivity index (χ0) is 12.5. The van der Waals surface area contributed by atoms with Gasteiger partial charge in [-0.05, 0) is 18.2 Å². The van der Waals surface area contributed by atoms with Crippen molar-refractivity contribution in [2.75, 3.05) is 6.26 Å². The standard InChI is InChI=1S/C11H9BrN2O2S/c1-17(15,16)11-13-6-5-10(14-11)8-3-2-4-9(12)7-8/h2-7H,1H3. The second-order valence-electron chi connectivity index (χ2n) is 3.51. The van der Waals surface area contributed by atoms with Gasteiger partial charge >= 0.3 is 0 Å². The first-order valence-electron chi connectivity index (χ1n) is 4.76. The van der Waals surface area contributed by atoms with Crippen LogP contribution in [0.5, 0.6) is 0 Å². The van der Waals surface area contributed by atoms with E-state index < -0.39 is 9.84 Å². The Balaban J connectivity index is 2.54. The van der Waals surface area contributed by atoms with Crippen molar-refractivity contribution >= 4 is 25.8 Å². The van der Waals surface area contributed by atoms with Crippen LogP contribution in [0.15, 0.2) is 46.2 Å². The van der Waals surface area contributed by atoms with E-state index in [-0.39, 0.29) is 5.16 Å². The lowest BCUT2D eigenvalue weighted by atomic mass is 10.1. The third-order valence-corrected chi connectivity index (χ3v) is 3.44. The zero-order valence-corrected chi connectivity index (χ0v) is 11.4. The Kier molecular flexibility index (Phi) is 3.26. The van der Waals surface area contributed by atoms with Crippen LogP contribution in [-0.2, 0) is 9.84 Å². The quantitative estimate of drug-likeness (QED) is 0.798. The summed E-state index contributed by atoms with van der Waals surface area (Å²) in [5, 5.41) is -0.157. The van der Waals surface area contributed by atoms with Crippen molar-refractivity contribution in [3.05, 3.63) is 41.0 Å². The Labute approximate surface area is 108 Å². The van der Waals surface area contributed by atoms with Gasteiger partial charge < -0.3 is 0 Å². The minimum absolute atomic E-state index is 0.157. The zero-order valence-electron chi connectivity index (χ0n) is 8.96. The van der Waals surface area contributed by atoms with E-state index in [1.165, 1.54) is 6.20 Å². The molecule has 0 fully saturated rings. The van der Waals surface area contributed by atoms with Crippen molar-refractivity contribution in [3.63, 3.8) is 0 Å². The summed E-state index contributed by atoms with van der Waals surface area (Å²) < 4.78 is 23.6. The van der Waals surface area contributed by atoms with E-state index in [4.69, 9.17) is 0 Å². The van der Waals surface area contributed by atoms with Crippen LogP contribution in [0.1, 0.15) is 0 Å². The molecule has 0 bridgehead atoms. The molecule has 0 N–H and O–H groups in total. The van der Waals surface area contributed by atoms with Gasteiger partial charge in [0.15, 0.2) is 0 Å². The summed E-state index contributed by atoms with van der Waals surface area (Å²) in [6.45, 7) is 0. The Hall–Kier alpha value is -1.27. The molecule has 1 heterocycles. The average molecular weight is 313 g/mol. The summed E-state index contributed by atoms with van der Waals surface area (Å²) in [5.41, 5.74) is 1.42. The third kappa shape index (κ3) is 2.89. The van der Waals surface area contributed by atoms with Crippen molar-refractivity contribution in [2.45, 2.75) is 5.16 Å². The molecule has 2 aromatic rings. The van der Waals surface area contributed by atoms with Crippen molar-refractivity contribution in [2.24, 2.45) is 0 Å². The Morgan fingerprint density at radius 1 is 1.24 bits per heavy atom. The molecule has 0 saturated carbocycles. The number of aromatic nitrogens is 2. The van der Waals surface area contributed by atoms with Gasteiger partial charge in [0.2, 0.25) is 15.0 Å². The van der Waals surface area contributed by atoms with Crippen LogP contribution in [-0.4, -0.2) is 24.6 Å². The minimum Gasteiger partial charge on any atom is -0.227 e. The summed E-state index contributed by atoms with van der Waals surface area (Å²) in [4.78, 5) is 7.78. The first-order valence-corrected chi connectivity index (χ1v) is 7.44. The average Bonchev–Trinajstić information content (AvgIpc) is 2.28. The van der Waals surface area contributed by atoms with Crippen LogP contribution in [0, 0.1) is 0 Å². The highest BCUT2D eigenvalue weighted by atomic mass is 79.9. The van der Waals surface area contributed by atoms with Gasteiger partial charge in [-0.15, -0.1) is 0 Å². The smallest absolute Gasteiger partial charge is 0.227 e. The maximum absolute atomic E-state index is 11.3. The van der Waals surface area contributed by atoms with Crippen LogP contribution in [0.3, 0.4) is 0 Å². The number of sulfone groups is 1. The van der Waals surface area contributed by atoms with Crippen LogP contribution in [0.25, 0.3) is 11.3 Å². The normalized spacial score (nSPS) is 11.4. The Morgan fingerprint density at radius 3 is 2.65 bits per heavy atom. The van der Waals surface area contributed by atoms with Crippen molar-refractivity contribution < 1.29 is 8.42 Å². The second-order valence-corrected chi connectivity index (χ2v) is 6.33. The Morgan fingerprint density at radius 2 is 2.00 bits per heavy atom. The number of hydrogen-bond donors (Lipinski definition) is 0. The molecule has 0 radical (unpaired) electrons. The summed E-state index contributed by atoms with van der Waals surface area (Å²) in [7, 11) is -3.38. The molecule has 88 valence electrons. The lowest BCUT2D eigenvalue weighted by molar-refractivity contribution is 0.593. The first kappa shape index (κ1) is 12.2. The molecule has 4 nitrogen and oxygen atoms in total. The summed E-state index contributed by atoms with van der Waals surface area (Å²) in [6.07, 6.45) is 2.53. The molecule has 0 amide bonds.